The van der Waals surface area contributed by atoms with Gasteiger partial charge in [-0.15, -0.1) is 0 Å². The summed E-state index contributed by atoms with van der Waals surface area (Å²) in [5.74, 6) is 0. The lowest BCUT2D eigenvalue weighted by Crippen LogP contribution is -1.86. The second-order valence-corrected chi connectivity index (χ2v) is 12.5. The molecule has 0 unspecified atom stereocenters. The van der Waals surface area contributed by atoms with Crippen LogP contribution in [0.15, 0.2) is 9.98 Å². The molecule has 0 rings (SSSR count). The molecule has 0 amide bonds. The number of aliphatic imine (C=N–C) groups is 2. The summed E-state index contributed by atoms with van der Waals surface area (Å²) in [5, 5.41) is 0. The minimum atomic E-state index is 0.918. The zero-order valence-electron chi connectivity index (χ0n) is 27.4. The first-order valence-electron chi connectivity index (χ1n) is 18.5. The average molecular weight is 547 g/mol. The average Bonchev–Trinajstić information content (AvgIpc) is 2.95. The third-order valence-electron chi connectivity index (χ3n) is 8.39. The molecule has 0 aliphatic rings. The molecule has 2 nitrogen and oxygen atoms in total. The van der Waals surface area contributed by atoms with Crippen molar-refractivity contribution in [2.24, 2.45) is 9.98 Å². The Bertz CT molecular complexity index is 440. The summed E-state index contributed by atoms with van der Waals surface area (Å²) in [4.78, 5) is 8.74. The summed E-state index contributed by atoms with van der Waals surface area (Å²) in [7, 11) is 0. The molecular weight excluding hydrogens is 472 g/mol. The number of rotatable bonds is 34. The SMILES string of the molecule is CCCCCCCCCCCCCCCCCCN=C=NCCCCCCCCCCCCCCCCCC. The first-order valence-corrected chi connectivity index (χ1v) is 18.5. The molecule has 0 aromatic heterocycles. The Labute approximate surface area is 248 Å². The molecular formula is C37H74N2. The van der Waals surface area contributed by atoms with E-state index in [0.717, 1.165) is 13.1 Å². The Kier molecular flexibility index (Phi) is 36.8. The Morgan fingerprint density at radius 1 is 0.256 bits per heavy atom. The van der Waals surface area contributed by atoms with E-state index in [0.29, 0.717) is 0 Å². The van der Waals surface area contributed by atoms with Gasteiger partial charge in [-0.25, -0.2) is 9.98 Å². The molecule has 0 aromatic carbocycles. The molecule has 0 aliphatic heterocycles. The predicted molar refractivity (Wildman–Crippen MR) is 179 cm³/mol. The largest absolute Gasteiger partial charge is 0.226 e. The summed E-state index contributed by atoms with van der Waals surface area (Å²) in [6, 6.07) is 2.94. The van der Waals surface area contributed by atoms with Crippen LogP contribution in [0.25, 0.3) is 0 Å². The summed E-state index contributed by atoms with van der Waals surface area (Å²) in [5.41, 5.74) is 0. The maximum absolute atomic E-state index is 4.37. The second-order valence-electron chi connectivity index (χ2n) is 12.5. The topological polar surface area (TPSA) is 24.7 Å². The first kappa shape index (κ1) is 38.4. The molecule has 39 heavy (non-hydrogen) atoms. The molecule has 0 aliphatic carbocycles. The van der Waals surface area contributed by atoms with Crippen LogP contribution < -0.4 is 0 Å². The highest BCUT2D eigenvalue weighted by Gasteiger charge is 1.96. The lowest BCUT2D eigenvalue weighted by molar-refractivity contribution is 0.530. The van der Waals surface area contributed by atoms with Crippen molar-refractivity contribution in [2.45, 2.75) is 219 Å². The Morgan fingerprint density at radius 2 is 0.436 bits per heavy atom. The van der Waals surface area contributed by atoms with Crippen molar-refractivity contribution in [1.29, 1.82) is 0 Å². The van der Waals surface area contributed by atoms with Gasteiger partial charge in [-0.3, -0.25) is 0 Å². The third-order valence-corrected chi connectivity index (χ3v) is 8.39. The monoisotopic (exact) mass is 547 g/mol. The Balaban J connectivity index is 3.14. The highest BCUT2D eigenvalue weighted by Crippen LogP contribution is 2.15. The van der Waals surface area contributed by atoms with E-state index < -0.39 is 0 Å². The zero-order valence-corrected chi connectivity index (χ0v) is 27.4. The van der Waals surface area contributed by atoms with Gasteiger partial charge in [0.1, 0.15) is 0 Å². The van der Waals surface area contributed by atoms with Crippen LogP contribution >= 0.6 is 0 Å². The van der Waals surface area contributed by atoms with Crippen molar-refractivity contribution in [3.05, 3.63) is 0 Å². The molecule has 0 fully saturated rings. The molecule has 0 saturated heterocycles. The smallest absolute Gasteiger partial charge is 0.0892 e. The van der Waals surface area contributed by atoms with E-state index in [4.69, 9.17) is 0 Å². The fraction of sp³-hybridized carbons (Fsp3) is 0.973. The van der Waals surface area contributed by atoms with Crippen molar-refractivity contribution in [3.8, 4) is 0 Å². The van der Waals surface area contributed by atoms with Crippen LogP contribution in [0.3, 0.4) is 0 Å². The van der Waals surface area contributed by atoms with Gasteiger partial charge in [0.05, 0.1) is 6.01 Å². The lowest BCUT2D eigenvalue weighted by Gasteiger charge is -2.03. The molecule has 0 bridgehead atoms. The molecule has 2 heteroatoms. The van der Waals surface area contributed by atoms with Crippen molar-refractivity contribution >= 4 is 6.01 Å². The molecule has 0 radical (unpaired) electrons. The number of hydrogen-bond donors (Lipinski definition) is 0. The van der Waals surface area contributed by atoms with E-state index in [2.05, 4.69) is 29.8 Å². The molecule has 0 atom stereocenters. The molecule has 0 aromatic rings. The lowest BCUT2D eigenvalue weighted by atomic mass is 10.0. The number of unbranched alkanes of at least 4 members (excludes halogenated alkanes) is 30. The zero-order chi connectivity index (χ0) is 28.2. The fourth-order valence-electron chi connectivity index (χ4n) is 5.63. The van der Waals surface area contributed by atoms with E-state index in [1.54, 1.807) is 0 Å². The highest BCUT2D eigenvalue weighted by atomic mass is 14.8. The van der Waals surface area contributed by atoms with Crippen LogP contribution in [0.2, 0.25) is 0 Å². The van der Waals surface area contributed by atoms with E-state index in [-0.39, 0.29) is 0 Å². The van der Waals surface area contributed by atoms with Crippen LogP contribution in [0, 0.1) is 0 Å². The van der Waals surface area contributed by atoms with Crippen LogP contribution in [-0.4, -0.2) is 19.1 Å². The third kappa shape index (κ3) is 37.4. The van der Waals surface area contributed by atoms with E-state index in [9.17, 15) is 0 Å². The van der Waals surface area contributed by atoms with Gasteiger partial charge >= 0.3 is 0 Å². The van der Waals surface area contributed by atoms with Crippen molar-refractivity contribution < 1.29 is 0 Å². The van der Waals surface area contributed by atoms with E-state index >= 15 is 0 Å². The van der Waals surface area contributed by atoms with E-state index in [1.165, 1.54) is 205 Å². The molecule has 232 valence electrons. The van der Waals surface area contributed by atoms with Crippen LogP contribution in [-0.2, 0) is 0 Å². The van der Waals surface area contributed by atoms with Crippen molar-refractivity contribution in [3.63, 3.8) is 0 Å². The van der Waals surface area contributed by atoms with Gasteiger partial charge in [0.25, 0.3) is 0 Å². The van der Waals surface area contributed by atoms with Crippen molar-refractivity contribution in [1.82, 2.24) is 0 Å². The van der Waals surface area contributed by atoms with Crippen LogP contribution in [0.5, 0.6) is 0 Å². The van der Waals surface area contributed by atoms with Gasteiger partial charge in [0.2, 0.25) is 0 Å². The van der Waals surface area contributed by atoms with Crippen LogP contribution in [0.1, 0.15) is 219 Å². The maximum atomic E-state index is 4.37. The summed E-state index contributed by atoms with van der Waals surface area (Å²) < 4.78 is 0. The van der Waals surface area contributed by atoms with Gasteiger partial charge in [-0.1, -0.05) is 206 Å². The van der Waals surface area contributed by atoms with Gasteiger partial charge in [-0.05, 0) is 12.8 Å². The minimum Gasteiger partial charge on any atom is -0.226 e. The maximum Gasteiger partial charge on any atom is 0.0892 e. The van der Waals surface area contributed by atoms with E-state index in [1.807, 2.05) is 0 Å². The molecule has 0 spiro atoms. The second kappa shape index (κ2) is 37.4. The Morgan fingerprint density at radius 3 is 0.641 bits per heavy atom. The molecule has 0 N–H and O–H groups in total. The van der Waals surface area contributed by atoms with Gasteiger partial charge < -0.3 is 0 Å². The summed E-state index contributed by atoms with van der Waals surface area (Å²) in [6.07, 6.45) is 45.4. The minimum absolute atomic E-state index is 0.918. The summed E-state index contributed by atoms with van der Waals surface area (Å²) in [6.45, 7) is 6.43. The molecule has 0 heterocycles. The van der Waals surface area contributed by atoms with Gasteiger partial charge in [0, 0.05) is 13.1 Å². The first-order chi connectivity index (χ1) is 19.4. The van der Waals surface area contributed by atoms with Gasteiger partial charge in [-0.2, -0.15) is 0 Å². The molecule has 0 saturated carbocycles. The Hall–Kier alpha value is -0.620. The predicted octanol–water partition coefficient (Wildman–Crippen LogP) is 13.7. The summed E-state index contributed by atoms with van der Waals surface area (Å²) >= 11 is 0. The fourth-order valence-corrected chi connectivity index (χ4v) is 5.63. The number of hydrogen-bond acceptors (Lipinski definition) is 2. The number of nitrogens with zero attached hydrogens (tertiary/aromatic N) is 2. The van der Waals surface area contributed by atoms with Gasteiger partial charge in [0.15, 0.2) is 0 Å². The quantitative estimate of drug-likeness (QED) is 0.0566. The highest BCUT2D eigenvalue weighted by molar-refractivity contribution is 5.40. The van der Waals surface area contributed by atoms with Crippen LogP contribution in [0.4, 0.5) is 0 Å². The van der Waals surface area contributed by atoms with Crippen molar-refractivity contribution in [2.75, 3.05) is 13.1 Å². The standard InChI is InChI=1S/C37H74N2/c1-3-5-7-9-11-13-15-17-19-21-23-25-27-29-31-33-35-38-37-39-36-34-32-30-28-26-24-22-20-18-16-14-12-10-8-6-4-2/h3-36H2,1-2H3. The normalized spacial score (nSPS) is 11.1.